The molecule has 4 rings (SSSR count). The molecule has 1 spiro atoms. The number of amides is 1. The lowest BCUT2D eigenvalue weighted by Crippen LogP contribution is -2.49. The average molecular weight is 534 g/mol. The van der Waals surface area contributed by atoms with Crippen LogP contribution in [0.5, 0.6) is 0 Å². The Bertz CT molecular complexity index is 1070. The number of aryl methyl sites for hydroxylation is 2. The average Bonchev–Trinajstić information content (AvgIpc) is 3.12. The Morgan fingerprint density at radius 3 is 2.62 bits per heavy atom. The zero-order valence-electron chi connectivity index (χ0n) is 21.8. The molecule has 1 aromatic rings. The van der Waals surface area contributed by atoms with Gasteiger partial charge >= 0.3 is 6.16 Å². The minimum Gasteiger partial charge on any atom is -0.434 e. The molecule has 3 aliphatic rings. The molecule has 202 valence electrons. The summed E-state index contributed by atoms with van der Waals surface area (Å²) in [6.07, 6.45) is 4.35. The number of hydrogen-bond acceptors (Lipinski definition) is 9. The molecule has 1 saturated heterocycles. The van der Waals surface area contributed by atoms with Crippen LogP contribution < -0.4 is 10.6 Å². The summed E-state index contributed by atoms with van der Waals surface area (Å²) in [5.41, 5.74) is 2.52. The second kappa shape index (κ2) is 13.0. The number of rotatable bonds is 5. The van der Waals surface area contributed by atoms with E-state index < -0.39 is 16.6 Å². The summed E-state index contributed by atoms with van der Waals surface area (Å²) in [7, 11) is 1.70. The van der Waals surface area contributed by atoms with Crippen molar-refractivity contribution in [2.75, 3.05) is 26.0 Å². The van der Waals surface area contributed by atoms with Crippen LogP contribution in [0.2, 0.25) is 0 Å². The third-order valence-corrected chi connectivity index (χ3v) is 7.63. The molecule has 2 aliphatic heterocycles. The Kier molecular flexibility index (Phi) is 9.99. The Hall–Kier alpha value is -3.05. The molecular weight excluding hydrogens is 498 g/mol. The maximum atomic E-state index is 13.0. The van der Waals surface area contributed by atoms with Gasteiger partial charge in [-0.15, -0.1) is 11.8 Å². The van der Waals surface area contributed by atoms with Crippen molar-refractivity contribution in [3.8, 4) is 0 Å². The van der Waals surface area contributed by atoms with E-state index in [1.807, 2.05) is 32.0 Å². The quantitative estimate of drug-likeness (QED) is 0.321. The number of carbonyl (C=O) groups is 2. The molecule has 0 aromatic heterocycles. The first-order valence-electron chi connectivity index (χ1n) is 12.4. The van der Waals surface area contributed by atoms with Gasteiger partial charge in [-0.3, -0.25) is 14.9 Å². The lowest BCUT2D eigenvalue weighted by molar-refractivity contribution is -0.403. The summed E-state index contributed by atoms with van der Waals surface area (Å²) >= 11 is 1.50. The van der Waals surface area contributed by atoms with Gasteiger partial charge in [-0.1, -0.05) is 23.8 Å². The molecule has 0 radical (unpaired) electrons. The maximum absolute atomic E-state index is 13.0. The smallest absolute Gasteiger partial charge is 0.434 e. The first-order valence-corrected chi connectivity index (χ1v) is 13.4. The molecule has 1 aliphatic carbocycles. The van der Waals surface area contributed by atoms with Crippen LogP contribution in [-0.2, 0) is 19.0 Å². The third-order valence-electron chi connectivity index (χ3n) is 6.57. The van der Waals surface area contributed by atoms with E-state index in [0.29, 0.717) is 29.2 Å². The van der Waals surface area contributed by atoms with Gasteiger partial charge in [0.15, 0.2) is 0 Å². The molecule has 1 aromatic carbocycles. The van der Waals surface area contributed by atoms with Crippen LogP contribution in [0.15, 0.2) is 35.2 Å². The van der Waals surface area contributed by atoms with Crippen LogP contribution in [0.1, 0.15) is 55.7 Å². The van der Waals surface area contributed by atoms with Gasteiger partial charge in [-0.25, -0.2) is 4.79 Å². The highest BCUT2D eigenvalue weighted by atomic mass is 32.2. The second-order valence-electron chi connectivity index (χ2n) is 9.19. The van der Waals surface area contributed by atoms with Gasteiger partial charge < -0.3 is 24.8 Å². The summed E-state index contributed by atoms with van der Waals surface area (Å²) < 4.78 is 16.1. The van der Waals surface area contributed by atoms with Gasteiger partial charge in [0.2, 0.25) is 0 Å². The number of ether oxygens (including phenoxy) is 3. The molecule has 1 amide bonds. The number of thioether (sulfide) groups is 1. The molecule has 2 heterocycles. The van der Waals surface area contributed by atoms with E-state index >= 15 is 0 Å². The van der Waals surface area contributed by atoms with Crippen LogP contribution in [-0.4, -0.2) is 54.6 Å². The fraction of sp³-hybridized carbons (Fsp3) is 0.538. The van der Waals surface area contributed by atoms with Crippen molar-refractivity contribution >= 4 is 29.4 Å². The van der Waals surface area contributed by atoms with Crippen LogP contribution in [0.3, 0.4) is 0 Å². The number of nitro groups is 1. The minimum atomic E-state index is -0.778. The monoisotopic (exact) mass is 533 g/mol. The first-order chi connectivity index (χ1) is 17.7. The SMILES string of the molecule is CCOC(=O)OC1=C(c2cc(C)ccc2C)C(=O)NC12CCC(OC)CC2.O=[N+]([O-])/C=C1/NCCCS1. The van der Waals surface area contributed by atoms with Crippen molar-refractivity contribution in [3.63, 3.8) is 0 Å². The number of nitrogens with one attached hydrogen (secondary N) is 2. The fourth-order valence-corrected chi connectivity index (χ4v) is 5.55. The predicted octanol–water partition coefficient (Wildman–Crippen LogP) is 4.43. The van der Waals surface area contributed by atoms with Crippen molar-refractivity contribution in [2.24, 2.45) is 0 Å². The summed E-state index contributed by atoms with van der Waals surface area (Å²) in [5, 5.41) is 16.7. The Morgan fingerprint density at radius 2 is 2.03 bits per heavy atom. The van der Waals surface area contributed by atoms with Gasteiger partial charge in [-0.05, 0) is 64.0 Å². The minimum absolute atomic E-state index is 0.154. The van der Waals surface area contributed by atoms with E-state index in [1.54, 1.807) is 14.0 Å². The van der Waals surface area contributed by atoms with Crippen molar-refractivity contribution < 1.29 is 28.7 Å². The molecule has 1 saturated carbocycles. The van der Waals surface area contributed by atoms with Crippen LogP contribution in [0, 0.1) is 24.0 Å². The predicted molar refractivity (Wildman–Crippen MR) is 141 cm³/mol. The maximum Gasteiger partial charge on any atom is 0.513 e. The van der Waals surface area contributed by atoms with Gasteiger partial charge in [0, 0.05) is 19.4 Å². The molecule has 0 unspecified atom stereocenters. The number of hydrogen-bond donors (Lipinski definition) is 2. The lowest BCUT2D eigenvalue weighted by atomic mass is 9.79. The van der Waals surface area contributed by atoms with Crippen LogP contribution in [0.4, 0.5) is 4.79 Å². The fourth-order valence-electron chi connectivity index (χ4n) is 4.68. The van der Waals surface area contributed by atoms with Gasteiger partial charge in [0.1, 0.15) is 10.8 Å². The number of carbonyl (C=O) groups excluding carboxylic acids is 2. The van der Waals surface area contributed by atoms with Gasteiger partial charge in [0.25, 0.3) is 12.1 Å². The van der Waals surface area contributed by atoms with Crippen molar-refractivity contribution in [1.82, 2.24) is 10.6 Å². The summed E-state index contributed by atoms with van der Waals surface area (Å²) in [6, 6.07) is 5.93. The standard InChI is InChI=1S/C21H27NO5.C5H8N2O2S/c1-5-26-20(24)27-18-17(16-12-13(2)6-7-14(16)3)19(23)22-21(18)10-8-15(25-4)9-11-21;8-7(9)4-5-6-2-1-3-10-5/h6-7,12,15H,5,8-11H2,1-4H3,(H,22,23);4,6H,1-3H2/b;5-4-. The molecule has 0 bridgehead atoms. The normalized spacial score (nSPS) is 24.2. The number of methoxy groups -OCH3 is 1. The third kappa shape index (κ3) is 7.26. The summed E-state index contributed by atoms with van der Waals surface area (Å²) in [5.74, 6) is 1.15. The summed E-state index contributed by atoms with van der Waals surface area (Å²) in [6.45, 7) is 6.71. The largest absolute Gasteiger partial charge is 0.513 e. The lowest BCUT2D eigenvalue weighted by Gasteiger charge is -2.37. The van der Waals surface area contributed by atoms with Gasteiger partial charge in [0.05, 0.1) is 28.7 Å². The molecule has 2 N–H and O–H groups in total. The Labute approximate surface area is 221 Å². The highest BCUT2D eigenvalue weighted by molar-refractivity contribution is 8.03. The number of nitrogens with zero attached hydrogens (tertiary/aromatic N) is 1. The van der Waals surface area contributed by atoms with Gasteiger partial charge in [-0.2, -0.15) is 0 Å². The van der Waals surface area contributed by atoms with E-state index in [2.05, 4.69) is 10.6 Å². The van der Waals surface area contributed by atoms with Crippen molar-refractivity contribution in [3.05, 3.63) is 62.0 Å². The van der Waals surface area contributed by atoms with Crippen LogP contribution in [0.25, 0.3) is 5.57 Å². The van der Waals surface area contributed by atoms with E-state index in [1.165, 1.54) is 11.8 Å². The highest BCUT2D eigenvalue weighted by Crippen LogP contribution is 2.44. The Balaban J connectivity index is 0.000000319. The zero-order valence-corrected chi connectivity index (χ0v) is 22.6. The van der Waals surface area contributed by atoms with E-state index in [9.17, 15) is 19.7 Å². The van der Waals surface area contributed by atoms with Crippen molar-refractivity contribution in [2.45, 2.75) is 64.5 Å². The number of benzene rings is 1. The first kappa shape index (κ1) is 28.5. The molecule has 2 fully saturated rings. The van der Waals surface area contributed by atoms with E-state index in [0.717, 1.165) is 54.5 Å². The van der Waals surface area contributed by atoms with E-state index in [4.69, 9.17) is 14.2 Å². The van der Waals surface area contributed by atoms with Crippen LogP contribution >= 0.6 is 11.8 Å². The topological polar surface area (TPSA) is 129 Å². The molecule has 0 atom stereocenters. The molecule has 37 heavy (non-hydrogen) atoms. The zero-order chi connectivity index (χ0) is 27.0. The molecule has 11 heteroatoms. The summed E-state index contributed by atoms with van der Waals surface area (Å²) in [4.78, 5) is 34.6. The molecule has 10 nitrogen and oxygen atoms in total. The Morgan fingerprint density at radius 1 is 1.30 bits per heavy atom. The van der Waals surface area contributed by atoms with Crippen molar-refractivity contribution in [1.29, 1.82) is 0 Å². The van der Waals surface area contributed by atoms with E-state index in [-0.39, 0.29) is 18.6 Å². The molecular formula is C26H35N3O7S. The second-order valence-corrected chi connectivity index (χ2v) is 10.3. The highest BCUT2D eigenvalue weighted by Gasteiger charge is 2.50.